The molecule has 0 aliphatic rings. The van der Waals surface area contributed by atoms with Crippen molar-refractivity contribution in [3.8, 4) is 5.69 Å². The molecule has 2 aromatic carbocycles. The minimum atomic E-state index is -3.44. The van der Waals surface area contributed by atoms with E-state index in [1.54, 1.807) is 13.0 Å². The fourth-order valence-electron chi connectivity index (χ4n) is 3.45. The maximum absolute atomic E-state index is 14.1. The molecule has 9 heteroatoms. The number of halogens is 4. The second kappa shape index (κ2) is 8.96. The molecule has 2 N–H and O–H groups in total. The lowest BCUT2D eigenvalue weighted by Gasteiger charge is -2.22. The van der Waals surface area contributed by atoms with Crippen LogP contribution < -0.4 is 10.9 Å². The Labute approximate surface area is 180 Å². The van der Waals surface area contributed by atoms with E-state index in [1.165, 1.54) is 37.3 Å². The van der Waals surface area contributed by atoms with E-state index < -0.39 is 41.7 Å². The molecule has 0 saturated heterocycles. The highest BCUT2D eigenvalue weighted by molar-refractivity contribution is 5.94. The third-order valence-corrected chi connectivity index (χ3v) is 5.15. The highest BCUT2D eigenvalue weighted by Crippen LogP contribution is 2.33. The Morgan fingerprint density at radius 3 is 2.50 bits per heavy atom. The summed E-state index contributed by atoms with van der Waals surface area (Å²) < 4.78 is 56.5. The molecule has 0 aliphatic heterocycles. The molecule has 0 unspecified atom stereocenters. The van der Waals surface area contributed by atoms with E-state index in [0.717, 1.165) is 22.9 Å². The van der Waals surface area contributed by atoms with Crippen LogP contribution >= 0.6 is 0 Å². The molecule has 3 rings (SSSR count). The second-order valence-electron chi connectivity index (χ2n) is 7.28. The Balaban J connectivity index is 1.91. The first kappa shape index (κ1) is 23.2. The fraction of sp³-hybridized carbons (Fsp3) is 0.217. The van der Waals surface area contributed by atoms with Crippen molar-refractivity contribution >= 4 is 5.91 Å². The number of nitrogens with one attached hydrogen (secondary N) is 1. The highest BCUT2D eigenvalue weighted by Gasteiger charge is 2.33. The number of carbonyl (C=O) groups excluding carboxylic acids is 1. The lowest BCUT2D eigenvalue weighted by molar-refractivity contribution is -0.0561. The molecule has 0 fully saturated rings. The van der Waals surface area contributed by atoms with Crippen LogP contribution in [0.25, 0.3) is 5.69 Å². The Morgan fingerprint density at radius 2 is 1.81 bits per heavy atom. The average Bonchev–Trinajstić information content (AvgIpc) is 2.76. The van der Waals surface area contributed by atoms with Gasteiger partial charge in [-0.25, -0.2) is 8.78 Å². The minimum absolute atomic E-state index is 0.0189. The van der Waals surface area contributed by atoms with Crippen LogP contribution in [0.2, 0.25) is 0 Å². The number of aliphatic hydroxyl groups excluding tert-OH is 1. The number of hydrogen-bond acceptors (Lipinski definition) is 3. The van der Waals surface area contributed by atoms with Crippen molar-refractivity contribution in [2.75, 3.05) is 6.61 Å². The summed E-state index contributed by atoms with van der Waals surface area (Å²) in [5.41, 5.74) is -0.774. The van der Waals surface area contributed by atoms with Gasteiger partial charge in [-0.05, 0) is 43.2 Å². The first-order valence-electron chi connectivity index (χ1n) is 9.63. The van der Waals surface area contributed by atoms with Crippen molar-refractivity contribution < 1.29 is 27.5 Å². The number of nitrogens with zero attached hydrogens (tertiary/aromatic N) is 1. The third kappa shape index (κ3) is 4.43. The molecule has 3 aromatic rings. The summed E-state index contributed by atoms with van der Waals surface area (Å²) in [6, 6.07) is 9.05. The van der Waals surface area contributed by atoms with Crippen molar-refractivity contribution in [1.29, 1.82) is 0 Å². The van der Waals surface area contributed by atoms with Crippen LogP contribution in [0, 0.1) is 18.6 Å². The zero-order valence-electron chi connectivity index (χ0n) is 17.2. The van der Waals surface area contributed by atoms with E-state index in [1.807, 2.05) is 0 Å². The predicted octanol–water partition coefficient (Wildman–Crippen LogP) is 4.00. The van der Waals surface area contributed by atoms with E-state index >= 15 is 0 Å². The molecule has 5 nitrogen and oxygen atoms in total. The van der Waals surface area contributed by atoms with Gasteiger partial charge in [0.2, 0.25) is 0 Å². The number of carbonyl (C=O) groups is 1. The number of rotatable bonds is 6. The molecule has 168 valence electrons. The van der Waals surface area contributed by atoms with Gasteiger partial charge >= 0.3 is 0 Å². The third-order valence-electron chi connectivity index (χ3n) is 5.15. The second-order valence-corrected chi connectivity index (χ2v) is 7.28. The number of alkyl halides is 2. The van der Waals surface area contributed by atoms with E-state index in [0.29, 0.717) is 5.56 Å². The summed E-state index contributed by atoms with van der Waals surface area (Å²) in [6.45, 7) is 1.70. The molecule has 1 heterocycles. The molecule has 32 heavy (non-hydrogen) atoms. The first-order chi connectivity index (χ1) is 15.1. The van der Waals surface area contributed by atoms with Crippen LogP contribution in [0.1, 0.15) is 40.0 Å². The van der Waals surface area contributed by atoms with Crippen molar-refractivity contribution in [2.24, 2.45) is 0 Å². The smallest absolute Gasteiger partial charge is 0.296 e. The van der Waals surface area contributed by atoms with Crippen molar-refractivity contribution in [3.05, 3.63) is 99.0 Å². The molecule has 1 atom stereocenters. The van der Waals surface area contributed by atoms with E-state index in [4.69, 9.17) is 5.11 Å². The molecule has 0 bridgehead atoms. The molecule has 0 radical (unpaired) electrons. The summed E-state index contributed by atoms with van der Waals surface area (Å²) in [5.74, 6) is -6.47. The minimum Gasteiger partial charge on any atom is -0.390 e. The van der Waals surface area contributed by atoms with Crippen molar-refractivity contribution in [1.82, 2.24) is 9.88 Å². The summed E-state index contributed by atoms with van der Waals surface area (Å²) in [6.07, 6.45) is 1.07. The highest BCUT2D eigenvalue weighted by atomic mass is 19.3. The van der Waals surface area contributed by atoms with Gasteiger partial charge < -0.3 is 10.4 Å². The van der Waals surface area contributed by atoms with Crippen LogP contribution in [0.5, 0.6) is 0 Å². The molecule has 1 amide bonds. The molecule has 0 saturated carbocycles. The summed E-state index contributed by atoms with van der Waals surface area (Å²) in [4.78, 5) is 24.9. The Kier molecular flexibility index (Phi) is 6.50. The Bertz CT molecular complexity index is 1220. The molecule has 0 spiro atoms. The summed E-state index contributed by atoms with van der Waals surface area (Å²) in [5, 5.41) is 11.6. The van der Waals surface area contributed by atoms with Gasteiger partial charge in [-0.15, -0.1) is 0 Å². The largest absolute Gasteiger partial charge is 0.390 e. The molecular formula is C23H20F4N2O3. The first-order valence-corrected chi connectivity index (χ1v) is 9.63. The lowest BCUT2D eigenvalue weighted by atomic mass is 9.94. The predicted molar refractivity (Wildman–Crippen MR) is 110 cm³/mol. The van der Waals surface area contributed by atoms with Crippen LogP contribution in [-0.4, -0.2) is 22.2 Å². The summed E-state index contributed by atoms with van der Waals surface area (Å²) >= 11 is 0. The van der Waals surface area contributed by atoms with Gasteiger partial charge in [0.05, 0.1) is 17.3 Å². The summed E-state index contributed by atoms with van der Waals surface area (Å²) in [7, 11) is 0. The quantitative estimate of drug-likeness (QED) is 0.560. The van der Waals surface area contributed by atoms with Gasteiger partial charge in [0.1, 0.15) is 6.61 Å². The zero-order chi connectivity index (χ0) is 23.6. The normalized spacial score (nSPS) is 12.5. The van der Waals surface area contributed by atoms with Crippen molar-refractivity contribution in [3.63, 3.8) is 0 Å². The molecule has 1 aromatic heterocycles. The van der Waals surface area contributed by atoms with Gasteiger partial charge in [-0.1, -0.05) is 24.3 Å². The van der Waals surface area contributed by atoms with E-state index in [9.17, 15) is 27.2 Å². The average molecular weight is 448 g/mol. The number of benzene rings is 2. The number of amides is 1. The molecule has 0 aliphatic carbocycles. The van der Waals surface area contributed by atoms with Crippen LogP contribution in [0.3, 0.4) is 0 Å². The lowest BCUT2D eigenvalue weighted by Crippen LogP contribution is -2.29. The van der Waals surface area contributed by atoms with Gasteiger partial charge in [0.25, 0.3) is 17.4 Å². The van der Waals surface area contributed by atoms with Crippen LogP contribution in [0.15, 0.2) is 59.5 Å². The van der Waals surface area contributed by atoms with Crippen molar-refractivity contribution in [2.45, 2.75) is 25.8 Å². The Morgan fingerprint density at radius 1 is 1.12 bits per heavy atom. The van der Waals surface area contributed by atoms with Crippen LogP contribution in [-0.2, 0) is 5.92 Å². The number of aromatic nitrogens is 1. The van der Waals surface area contributed by atoms with Crippen LogP contribution in [0.4, 0.5) is 17.6 Å². The van der Waals surface area contributed by atoms with Gasteiger partial charge in [-0.2, -0.15) is 8.78 Å². The SMILES string of the molecule is Cc1c([C@@H](C)NC(=O)c2ccc(=O)n(-c3cccc(F)c3F)c2)cccc1C(F)(F)CO. The number of aliphatic hydroxyl groups is 1. The fourth-order valence-corrected chi connectivity index (χ4v) is 3.45. The zero-order valence-corrected chi connectivity index (χ0v) is 17.2. The topological polar surface area (TPSA) is 71.3 Å². The van der Waals surface area contributed by atoms with E-state index in [2.05, 4.69) is 5.32 Å². The maximum Gasteiger partial charge on any atom is 0.296 e. The number of hydrogen-bond donors (Lipinski definition) is 2. The Hall–Kier alpha value is -3.46. The number of pyridine rings is 1. The molecular weight excluding hydrogens is 428 g/mol. The standard InChI is InChI=1S/C23H20F4N2O3/c1-13-16(5-3-6-17(13)23(26,27)12-30)14(2)28-22(32)15-9-10-20(31)29(11-15)19-8-4-7-18(24)21(19)25/h3-11,14,30H,12H2,1-2H3,(H,28,32)/t14-/m1/s1. The van der Waals surface area contributed by atoms with Gasteiger partial charge in [0.15, 0.2) is 11.6 Å². The van der Waals surface area contributed by atoms with Gasteiger partial charge in [-0.3, -0.25) is 14.2 Å². The van der Waals surface area contributed by atoms with E-state index in [-0.39, 0.29) is 22.4 Å². The monoisotopic (exact) mass is 448 g/mol. The van der Waals surface area contributed by atoms with Gasteiger partial charge in [0, 0.05) is 17.8 Å². The maximum atomic E-state index is 14.1.